The van der Waals surface area contributed by atoms with Crippen molar-refractivity contribution < 1.29 is 9.90 Å². The SMILES string of the molecule is Cc1cn2c(C)c(C(=O)O)nc2s1.Cl. The van der Waals surface area contributed by atoms with E-state index >= 15 is 0 Å². The van der Waals surface area contributed by atoms with Crippen molar-refractivity contribution in [3.63, 3.8) is 0 Å². The van der Waals surface area contributed by atoms with Crippen molar-refractivity contribution in [1.82, 2.24) is 9.38 Å². The summed E-state index contributed by atoms with van der Waals surface area (Å²) in [6.07, 6.45) is 1.90. The maximum Gasteiger partial charge on any atom is 0.356 e. The number of halogens is 1. The van der Waals surface area contributed by atoms with Crippen LogP contribution in [0.2, 0.25) is 0 Å². The van der Waals surface area contributed by atoms with E-state index in [2.05, 4.69) is 4.98 Å². The predicted octanol–water partition coefficient (Wildman–Crippen LogP) is 2.13. The summed E-state index contributed by atoms with van der Waals surface area (Å²) in [7, 11) is 0. The van der Waals surface area contributed by atoms with Gasteiger partial charge in [0.25, 0.3) is 0 Å². The zero-order valence-electron chi connectivity index (χ0n) is 7.64. The number of thiazole rings is 1. The number of imidazole rings is 1. The second kappa shape index (κ2) is 3.59. The first-order valence-electron chi connectivity index (χ1n) is 3.78. The Balaban J connectivity index is 0.000000980. The minimum absolute atomic E-state index is 0. The fraction of sp³-hybridized carbons (Fsp3) is 0.250. The summed E-state index contributed by atoms with van der Waals surface area (Å²) < 4.78 is 1.81. The fourth-order valence-corrected chi connectivity index (χ4v) is 2.14. The average Bonchev–Trinajstić information content (AvgIpc) is 2.51. The standard InChI is InChI=1S/C8H8N2O2S.ClH/c1-4-3-10-5(2)6(7(11)12)9-8(10)13-4;/h3H,1-2H3,(H,11,12);1H. The van der Waals surface area contributed by atoms with Gasteiger partial charge in [-0.3, -0.25) is 4.40 Å². The number of hydrogen-bond donors (Lipinski definition) is 1. The highest BCUT2D eigenvalue weighted by molar-refractivity contribution is 7.17. The molecule has 0 aliphatic rings. The molecule has 4 nitrogen and oxygen atoms in total. The fourth-order valence-electron chi connectivity index (χ4n) is 1.27. The van der Waals surface area contributed by atoms with Crippen LogP contribution >= 0.6 is 23.7 Å². The van der Waals surface area contributed by atoms with E-state index in [0.29, 0.717) is 5.69 Å². The highest BCUT2D eigenvalue weighted by Gasteiger charge is 2.15. The number of rotatable bonds is 1. The van der Waals surface area contributed by atoms with Crippen molar-refractivity contribution in [2.75, 3.05) is 0 Å². The van der Waals surface area contributed by atoms with Crippen LogP contribution in [0.1, 0.15) is 21.1 Å². The molecule has 14 heavy (non-hydrogen) atoms. The van der Waals surface area contributed by atoms with Crippen LogP contribution in [0.5, 0.6) is 0 Å². The molecule has 0 saturated heterocycles. The Bertz CT molecular complexity index is 489. The molecule has 0 saturated carbocycles. The van der Waals surface area contributed by atoms with Crippen LogP contribution in [-0.2, 0) is 0 Å². The second-order valence-electron chi connectivity index (χ2n) is 2.85. The van der Waals surface area contributed by atoms with Crippen molar-refractivity contribution in [3.8, 4) is 0 Å². The van der Waals surface area contributed by atoms with E-state index in [0.717, 1.165) is 9.84 Å². The number of fused-ring (bicyclic) bond motifs is 1. The Morgan fingerprint density at radius 1 is 1.57 bits per heavy atom. The molecule has 0 spiro atoms. The van der Waals surface area contributed by atoms with Crippen LogP contribution in [0.25, 0.3) is 4.96 Å². The molecule has 2 aromatic rings. The summed E-state index contributed by atoms with van der Waals surface area (Å²) in [6, 6.07) is 0. The zero-order chi connectivity index (χ0) is 9.59. The van der Waals surface area contributed by atoms with E-state index < -0.39 is 5.97 Å². The van der Waals surface area contributed by atoms with Crippen LogP contribution in [0.4, 0.5) is 0 Å². The van der Waals surface area contributed by atoms with Gasteiger partial charge in [0.1, 0.15) is 0 Å². The summed E-state index contributed by atoms with van der Waals surface area (Å²) in [5.74, 6) is -0.967. The molecule has 0 fully saturated rings. The molecule has 76 valence electrons. The maximum atomic E-state index is 10.7. The van der Waals surface area contributed by atoms with Gasteiger partial charge >= 0.3 is 5.97 Å². The Morgan fingerprint density at radius 2 is 2.21 bits per heavy atom. The van der Waals surface area contributed by atoms with Crippen molar-refractivity contribution in [1.29, 1.82) is 0 Å². The lowest BCUT2D eigenvalue weighted by molar-refractivity contribution is 0.0690. The summed E-state index contributed by atoms with van der Waals surface area (Å²) in [6.45, 7) is 3.73. The normalized spacial score (nSPS) is 10.1. The van der Waals surface area contributed by atoms with Gasteiger partial charge in [-0.2, -0.15) is 0 Å². The molecule has 2 aromatic heterocycles. The molecule has 0 bridgehead atoms. The molecule has 0 aliphatic carbocycles. The summed E-state index contributed by atoms with van der Waals surface area (Å²) >= 11 is 1.49. The van der Waals surface area contributed by atoms with Crippen LogP contribution in [0, 0.1) is 13.8 Å². The van der Waals surface area contributed by atoms with Gasteiger partial charge in [-0.1, -0.05) is 0 Å². The number of hydrogen-bond acceptors (Lipinski definition) is 3. The van der Waals surface area contributed by atoms with Gasteiger partial charge < -0.3 is 5.11 Å². The molecule has 6 heteroatoms. The second-order valence-corrected chi connectivity index (χ2v) is 4.06. The first kappa shape index (κ1) is 11.0. The highest BCUT2D eigenvalue weighted by atomic mass is 35.5. The smallest absolute Gasteiger partial charge is 0.356 e. The van der Waals surface area contributed by atoms with Crippen LogP contribution in [0.15, 0.2) is 6.20 Å². The Morgan fingerprint density at radius 3 is 2.71 bits per heavy atom. The van der Waals surface area contributed by atoms with Gasteiger partial charge in [-0.15, -0.1) is 23.7 Å². The zero-order valence-corrected chi connectivity index (χ0v) is 9.28. The molecule has 2 heterocycles. The number of nitrogens with zero attached hydrogens (tertiary/aromatic N) is 2. The first-order chi connectivity index (χ1) is 6.09. The summed E-state index contributed by atoms with van der Waals surface area (Å²) in [5, 5.41) is 8.78. The highest BCUT2D eigenvalue weighted by Crippen LogP contribution is 2.20. The minimum atomic E-state index is -0.967. The van der Waals surface area contributed by atoms with Crippen LogP contribution in [0.3, 0.4) is 0 Å². The predicted molar refractivity (Wildman–Crippen MR) is 56.8 cm³/mol. The molecule has 0 radical (unpaired) electrons. The van der Waals surface area contributed by atoms with Crippen molar-refractivity contribution in [2.24, 2.45) is 0 Å². The van der Waals surface area contributed by atoms with E-state index in [1.165, 1.54) is 11.3 Å². The quantitative estimate of drug-likeness (QED) is 0.820. The Kier molecular flexibility index (Phi) is 2.82. The lowest BCUT2D eigenvalue weighted by Crippen LogP contribution is -1.99. The largest absolute Gasteiger partial charge is 0.476 e. The van der Waals surface area contributed by atoms with Gasteiger partial charge in [0.05, 0.1) is 5.69 Å². The van der Waals surface area contributed by atoms with E-state index in [1.807, 2.05) is 17.5 Å². The molecule has 0 amide bonds. The molecule has 0 aliphatic heterocycles. The third-order valence-corrected chi connectivity index (χ3v) is 2.78. The average molecular weight is 233 g/mol. The number of carboxylic acids is 1. The lowest BCUT2D eigenvalue weighted by Gasteiger charge is -1.89. The van der Waals surface area contributed by atoms with E-state index in [9.17, 15) is 4.79 Å². The first-order valence-corrected chi connectivity index (χ1v) is 4.59. The van der Waals surface area contributed by atoms with E-state index in [4.69, 9.17) is 5.11 Å². The van der Waals surface area contributed by atoms with Crippen LogP contribution in [-0.4, -0.2) is 20.5 Å². The molecular weight excluding hydrogens is 224 g/mol. The molecule has 0 unspecified atom stereocenters. The number of carboxylic acid groups (broad SMARTS) is 1. The van der Waals surface area contributed by atoms with Crippen molar-refractivity contribution >= 4 is 34.7 Å². The van der Waals surface area contributed by atoms with Gasteiger partial charge in [0.2, 0.25) is 0 Å². The maximum absolute atomic E-state index is 10.7. The molecule has 2 rings (SSSR count). The summed E-state index contributed by atoms with van der Waals surface area (Å²) in [5.41, 5.74) is 0.832. The third kappa shape index (κ3) is 1.49. The van der Waals surface area contributed by atoms with Gasteiger partial charge in [-0.25, -0.2) is 9.78 Å². The monoisotopic (exact) mass is 232 g/mol. The third-order valence-electron chi connectivity index (χ3n) is 1.88. The van der Waals surface area contributed by atoms with Gasteiger partial charge in [0, 0.05) is 11.1 Å². The molecule has 0 atom stereocenters. The summed E-state index contributed by atoms with van der Waals surface area (Å²) in [4.78, 5) is 16.6. The minimum Gasteiger partial charge on any atom is -0.476 e. The lowest BCUT2D eigenvalue weighted by atomic mass is 10.3. The van der Waals surface area contributed by atoms with Crippen molar-refractivity contribution in [3.05, 3.63) is 22.5 Å². The number of aryl methyl sites for hydroxylation is 2. The number of aromatic nitrogens is 2. The van der Waals surface area contributed by atoms with E-state index in [1.54, 1.807) is 6.92 Å². The number of aromatic carboxylic acids is 1. The topological polar surface area (TPSA) is 54.6 Å². The van der Waals surface area contributed by atoms with Crippen LogP contribution < -0.4 is 0 Å². The molecular formula is C8H9ClN2O2S. The molecule has 0 aromatic carbocycles. The van der Waals surface area contributed by atoms with Gasteiger partial charge in [0.15, 0.2) is 10.7 Å². The Hall–Kier alpha value is -1.07. The molecule has 1 N–H and O–H groups in total. The van der Waals surface area contributed by atoms with E-state index in [-0.39, 0.29) is 18.1 Å². The number of carbonyl (C=O) groups is 1. The van der Waals surface area contributed by atoms with Crippen molar-refractivity contribution in [2.45, 2.75) is 13.8 Å². The Labute approximate surface area is 90.6 Å². The van der Waals surface area contributed by atoms with Gasteiger partial charge in [-0.05, 0) is 13.8 Å².